The summed E-state index contributed by atoms with van der Waals surface area (Å²) in [5, 5.41) is 0. The molecule has 0 bridgehead atoms. The van der Waals surface area contributed by atoms with Gasteiger partial charge in [-0.3, -0.25) is 4.57 Å². The zero-order valence-electron chi connectivity index (χ0n) is 21.4. The lowest BCUT2D eigenvalue weighted by Crippen LogP contribution is -2.43. The number of imidazole rings is 1. The lowest BCUT2D eigenvalue weighted by Gasteiger charge is -2.39. The number of para-hydroxylation sites is 2. The molecule has 0 amide bonds. The maximum Gasteiger partial charge on any atom is 0.533 e. The fraction of sp³-hybridized carbons (Fsp3) is 0.219. The summed E-state index contributed by atoms with van der Waals surface area (Å²) in [7, 11) is -0.560. The van der Waals surface area contributed by atoms with Gasteiger partial charge in [0.25, 0.3) is 0 Å². The summed E-state index contributed by atoms with van der Waals surface area (Å²) in [4.78, 5) is 5.18. The molecular formula is C32H27BN2O2. The molecule has 180 valence electrons. The van der Waals surface area contributed by atoms with Gasteiger partial charge in [0.05, 0.1) is 33.3 Å². The first kappa shape index (κ1) is 21.4. The Morgan fingerprint density at radius 3 is 1.81 bits per heavy atom. The molecule has 5 aromatic rings. The van der Waals surface area contributed by atoms with E-state index in [1.54, 1.807) is 0 Å². The maximum absolute atomic E-state index is 6.53. The third kappa shape index (κ3) is 2.44. The molecule has 0 saturated carbocycles. The number of aromatic nitrogens is 2. The minimum atomic E-state index is -0.560. The van der Waals surface area contributed by atoms with Gasteiger partial charge in [0.2, 0.25) is 0 Å². The van der Waals surface area contributed by atoms with E-state index in [1.807, 2.05) is 0 Å². The number of hydrogen-bond donors (Lipinski definition) is 0. The van der Waals surface area contributed by atoms with Gasteiger partial charge in [-0.25, -0.2) is 4.98 Å². The summed E-state index contributed by atoms with van der Waals surface area (Å²) in [5.41, 5.74) is 10.4. The van der Waals surface area contributed by atoms with Gasteiger partial charge in [-0.05, 0) is 73.2 Å². The molecule has 1 aromatic heterocycles. The van der Waals surface area contributed by atoms with Gasteiger partial charge < -0.3 is 9.31 Å². The summed E-state index contributed by atoms with van der Waals surface area (Å²) in [5.74, 6) is 0. The summed E-state index contributed by atoms with van der Waals surface area (Å²) in [6.07, 6.45) is 0. The van der Waals surface area contributed by atoms with E-state index in [-0.39, 0.29) is 0 Å². The van der Waals surface area contributed by atoms with Crippen molar-refractivity contribution in [2.24, 2.45) is 0 Å². The second-order valence-corrected chi connectivity index (χ2v) is 11.4. The first-order valence-electron chi connectivity index (χ1n) is 13.0. The fourth-order valence-corrected chi connectivity index (χ4v) is 6.74. The smallest absolute Gasteiger partial charge is 0.397 e. The van der Waals surface area contributed by atoms with Crippen molar-refractivity contribution in [1.29, 1.82) is 0 Å². The Hall–Kier alpha value is -3.67. The minimum Gasteiger partial charge on any atom is -0.397 e. The molecule has 0 unspecified atom stereocenters. The molecule has 3 heterocycles. The zero-order chi connectivity index (χ0) is 25.2. The number of fused-ring (bicyclic) bond motifs is 9. The van der Waals surface area contributed by atoms with Crippen molar-refractivity contribution in [2.45, 2.75) is 44.3 Å². The monoisotopic (exact) mass is 482 g/mol. The van der Waals surface area contributed by atoms with Crippen LogP contribution in [0.25, 0.3) is 27.8 Å². The van der Waals surface area contributed by atoms with Crippen LogP contribution in [0.4, 0.5) is 0 Å². The van der Waals surface area contributed by atoms with Crippen molar-refractivity contribution >= 4 is 23.9 Å². The van der Waals surface area contributed by atoms with E-state index in [1.165, 1.54) is 33.4 Å². The molecule has 4 aromatic carbocycles. The van der Waals surface area contributed by atoms with E-state index in [9.17, 15) is 0 Å². The van der Waals surface area contributed by atoms with Crippen LogP contribution in [-0.4, -0.2) is 27.9 Å². The maximum atomic E-state index is 6.53. The summed E-state index contributed by atoms with van der Waals surface area (Å²) < 4.78 is 15.3. The highest BCUT2D eigenvalue weighted by Gasteiger charge is 2.56. The van der Waals surface area contributed by atoms with Gasteiger partial charge in [0.1, 0.15) is 5.72 Å². The predicted octanol–water partition coefficient (Wildman–Crippen LogP) is 6.00. The number of nitrogens with zero attached hydrogens (tertiary/aromatic N) is 2. The zero-order valence-corrected chi connectivity index (χ0v) is 21.4. The van der Waals surface area contributed by atoms with E-state index in [0.29, 0.717) is 0 Å². The van der Waals surface area contributed by atoms with E-state index in [0.717, 1.165) is 22.4 Å². The van der Waals surface area contributed by atoms with Crippen LogP contribution in [-0.2, 0) is 14.7 Å². The standard InChI is InChI=1S/C32H27BN2O2/c1-30(2)31(3,4)37-33(36-30)29-34-26-18-11-17-25-28(26)35(29)27-19-10-9-16-24(27)32(25)22-14-7-5-12-20(22)21-13-6-8-15-23(21)32/h5-19H,1-4H3. The minimum absolute atomic E-state index is 0.424. The second-order valence-electron chi connectivity index (χ2n) is 11.4. The number of rotatable bonds is 1. The Morgan fingerprint density at radius 2 is 1.16 bits per heavy atom. The van der Waals surface area contributed by atoms with Gasteiger partial charge in [0.15, 0.2) is 0 Å². The molecule has 37 heavy (non-hydrogen) atoms. The van der Waals surface area contributed by atoms with Crippen molar-refractivity contribution in [2.75, 3.05) is 0 Å². The second kappa shape index (κ2) is 6.80. The average Bonchev–Trinajstić information content (AvgIpc) is 3.50. The summed E-state index contributed by atoms with van der Waals surface area (Å²) in [6, 6.07) is 33.0. The number of benzene rings is 4. The predicted molar refractivity (Wildman–Crippen MR) is 148 cm³/mol. The first-order valence-corrected chi connectivity index (χ1v) is 13.0. The van der Waals surface area contributed by atoms with Gasteiger partial charge >= 0.3 is 7.12 Å². The van der Waals surface area contributed by atoms with Gasteiger partial charge in [0, 0.05) is 0 Å². The SMILES string of the molecule is CC1(C)OB(c2nc3cccc4c3n2-c2ccccc2C42c3ccccc3-c3ccccc32)OC1(C)C. The van der Waals surface area contributed by atoms with Crippen LogP contribution in [0.5, 0.6) is 0 Å². The average molecular weight is 482 g/mol. The summed E-state index contributed by atoms with van der Waals surface area (Å²) in [6.45, 7) is 8.36. The van der Waals surface area contributed by atoms with Crippen LogP contribution in [0, 0.1) is 0 Å². The van der Waals surface area contributed by atoms with Crippen molar-refractivity contribution in [3.05, 3.63) is 113 Å². The van der Waals surface area contributed by atoms with Crippen LogP contribution in [0.15, 0.2) is 91.0 Å². The van der Waals surface area contributed by atoms with Crippen LogP contribution in [0.3, 0.4) is 0 Å². The highest BCUT2D eigenvalue weighted by molar-refractivity contribution is 6.61. The molecule has 5 heteroatoms. The molecule has 0 radical (unpaired) electrons. The molecule has 1 spiro atoms. The quantitative estimate of drug-likeness (QED) is 0.269. The van der Waals surface area contributed by atoms with Crippen LogP contribution in [0.2, 0.25) is 0 Å². The molecule has 1 fully saturated rings. The Labute approximate surface area is 217 Å². The van der Waals surface area contributed by atoms with Crippen molar-refractivity contribution in [3.63, 3.8) is 0 Å². The first-order chi connectivity index (χ1) is 17.8. The van der Waals surface area contributed by atoms with Gasteiger partial charge in [-0.2, -0.15) is 0 Å². The third-order valence-electron chi connectivity index (χ3n) is 9.07. The molecule has 0 N–H and O–H groups in total. The molecule has 0 atom stereocenters. The third-order valence-corrected chi connectivity index (χ3v) is 9.07. The van der Waals surface area contributed by atoms with E-state index in [4.69, 9.17) is 14.3 Å². The van der Waals surface area contributed by atoms with Crippen LogP contribution < -0.4 is 5.72 Å². The Morgan fingerprint density at radius 1 is 0.622 bits per heavy atom. The number of hydrogen-bond acceptors (Lipinski definition) is 3. The Bertz CT molecular complexity index is 1700. The van der Waals surface area contributed by atoms with Crippen molar-refractivity contribution in [3.8, 4) is 16.8 Å². The highest BCUT2D eigenvalue weighted by Crippen LogP contribution is 2.59. The largest absolute Gasteiger partial charge is 0.533 e. The molecule has 2 aliphatic heterocycles. The molecular weight excluding hydrogens is 455 g/mol. The van der Waals surface area contributed by atoms with Crippen LogP contribution in [0.1, 0.15) is 49.9 Å². The van der Waals surface area contributed by atoms with E-state index < -0.39 is 23.7 Å². The van der Waals surface area contributed by atoms with E-state index in [2.05, 4.69) is 123 Å². The highest BCUT2D eigenvalue weighted by atomic mass is 16.7. The Kier molecular flexibility index (Phi) is 3.94. The van der Waals surface area contributed by atoms with Crippen LogP contribution >= 0.6 is 0 Å². The normalized spacial score (nSPS) is 19.2. The molecule has 8 rings (SSSR count). The molecule has 3 aliphatic rings. The lowest BCUT2D eigenvalue weighted by molar-refractivity contribution is 0.00578. The lowest BCUT2D eigenvalue weighted by atomic mass is 9.65. The van der Waals surface area contributed by atoms with Crippen molar-refractivity contribution < 1.29 is 9.31 Å². The van der Waals surface area contributed by atoms with Gasteiger partial charge in [-0.1, -0.05) is 78.9 Å². The fourth-order valence-electron chi connectivity index (χ4n) is 6.74. The van der Waals surface area contributed by atoms with Gasteiger partial charge in [-0.15, -0.1) is 0 Å². The molecule has 1 saturated heterocycles. The molecule has 1 aliphatic carbocycles. The Balaban J connectivity index is 1.51. The summed E-state index contributed by atoms with van der Waals surface area (Å²) >= 11 is 0. The molecule has 4 nitrogen and oxygen atoms in total. The van der Waals surface area contributed by atoms with Crippen molar-refractivity contribution in [1.82, 2.24) is 9.55 Å². The van der Waals surface area contributed by atoms with E-state index >= 15 is 0 Å². The topological polar surface area (TPSA) is 36.3 Å².